The molecule has 0 saturated carbocycles. The molecule has 2 heterocycles. The number of nitrogens with zero attached hydrogens (tertiary/aromatic N) is 2. The molecule has 2 rings (SSSR count). The van der Waals surface area contributed by atoms with Crippen molar-refractivity contribution in [1.82, 2.24) is 15.1 Å². The van der Waals surface area contributed by atoms with E-state index in [0.717, 1.165) is 25.9 Å². The molecule has 2 saturated heterocycles. The number of hydrogen-bond acceptors (Lipinski definition) is 3. The van der Waals surface area contributed by atoms with Crippen LogP contribution in [0.4, 0.5) is 13.2 Å². The first-order chi connectivity index (χ1) is 9.46. The van der Waals surface area contributed by atoms with E-state index in [0.29, 0.717) is 25.2 Å². The van der Waals surface area contributed by atoms with Crippen LogP contribution in [0.25, 0.3) is 0 Å². The zero-order chi connectivity index (χ0) is 14.6. The summed E-state index contributed by atoms with van der Waals surface area (Å²) in [5.74, 6) is 0. The number of alkyl halides is 3. The SMILES string of the molecule is CCN1CCCC(NC2CCN(CC(F)(F)F)CC2)C1. The van der Waals surface area contributed by atoms with Gasteiger partial charge in [-0.1, -0.05) is 6.92 Å². The fourth-order valence-electron chi connectivity index (χ4n) is 3.32. The molecule has 0 radical (unpaired) electrons. The molecule has 0 aromatic rings. The maximum Gasteiger partial charge on any atom is 0.401 e. The molecular formula is C14H26F3N3. The fraction of sp³-hybridized carbons (Fsp3) is 1.00. The Hall–Kier alpha value is -0.330. The van der Waals surface area contributed by atoms with Gasteiger partial charge in [-0.3, -0.25) is 4.90 Å². The van der Waals surface area contributed by atoms with Crippen LogP contribution in [-0.2, 0) is 0 Å². The van der Waals surface area contributed by atoms with Gasteiger partial charge in [0.15, 0.2) is 0 Å². The maximum atomic E-state index is 12.3. The van der Waals surface area contributed by atoms with Crippen LogP contribution in [0.2, 0.25) is 0 Å². The smallest absolute Gasteiger partial charge is 0.310 e. The second-order valence-corrected chi connectivity index (χ2v) is 6.06. The number of hydrogen-bond donors (Lipinski definition) is 1. The first-order valence-electron chi connectivity index (χ1n) is 7.74. The third-order valence-corrected chi connectivity index (χ3v) is 4.41. The molecule has 118 valence electrons. The van der Waals surface area contributed by atoms with Crippen molar-refractivity contribution in [3.63, 3.8) is 0 Å². The lowest BCUT2D eigenvalue weighted by Gasteiger charge is -2.38. The van der Waals surface area contributed by atoms with E-state index in [9.17, 15) is 13.2 Å². The molecule has 2 fully saturated rings. The molecule has 0 spiro atoms. The first kappa shape index (κ1) is 16.0. The Morgan fingerprint density at radius 2 is 1.70 bits per heavy atom. The van der Waals surface area contributed by atoms with Gasteiger partial charge in [0.1, 0.15) is 0 Å². The molecule has 0 aromatic carbocycles. The summed E-state index contributed by atoms with van der Waals surface area (Å²) in [5, 5.41) is 3.66. The summed E-state index contributed by atoms with van der Waals surface area (Å²) in [6.45, 7) is 5.88. The van der Waals surface area contributed by atoms with Crippen LogP contribution in [0.1, 0.15) is 32.6 Å². The predicted octanol–water partition coefficient (Wildman–Crippen LogP) is 2.09. The van der Waals surface area contributed by atoms with E-state index in [1.54, 1.807) is 0 Å². The first-order valence-corrected chi connectivity index (χ1v) is 7.74. The highest BCUT2D eigenvalue weighted by molar-refractivity contribution is 4.84. The highest BCUT2D eigenvalue weighted by Crippen LogP contribution is 2.20. The minimum Gasteiger partial charge on any atom is -0.310 e. The second-order valence-electron chi connectivity index (χ2n) is 6.06. The van der Waals surface area contributed by atoms with Crippen molar-refractivity contribution >= 4 is 0 Å². The van der Waals surface area contributed by atoms with Gasteiger partial charge in [-0.2, -0.15) is 13.2 Å². The van der Waals surface area contributed by atoms with Crippen molar-refractivity contribution in [3.05, 3.63) is 0 Å². The zero-order valence-electron chi connectivity index (χ0n) is 12.3. The topological polar surface area (TPSA) is 18.5 Å². The van der Waals surface area contributed by atoms with Gasteiger partial charge in [0.25, 0.3) is 0 Å². The van der Waals surface area contributed by atoms with E-state index in [1.165, 1.54) is 24.3 Å². The van der Waals surface area contributed by atoms with E-state index < -0.39 is 12.7 Å². The summed E-state index contributed by atoms with van der Waals surface area (Å²) in [5.41, 5.74) is 0. The molecule has 1 unspecified atom stereocenters. The average molecular weight is 293 g/mol. The maximum absolute atomic E-state index is 12.3. The van der Waals surface area contributed by atoms with Crippen molar-refractivity contribution < 1.29 is 13.2 Å². The van der Waals surface area contributed by atoms with Crippen LogP contribution in [-0.4, -0.2) is 67.3 Å². The van der Waals surface area contributed by atoms with E-state index in [-0.39, 0.29) is 0 Å². The van der Waals surface area contributed by atoms with E-state index in [2.05, 4.69) is 17.1 Å². The molecule has 3 nitrogen and oxygen atoms in total. The van der Waals surface area contributed by atoms with Gasteiger partial charge in [0.2, 0.25) is 0 Å². The van der Waals surface area contributed by atoms with Crippen molar-refractivity contribution in [1.29, 1.82) is 0 Å². The van der Waals surface area contributed by atoms with Gasteiger partial charge in [0.05, 0.1) is 6.54 Å². The molecule has 20 heavy (non-hydrogen) atoms. The van der Waals surface area contributed by atoms with Gasteiger partial charge in [-0.25, -0.2) is 0 Å². The lowest BCUT2D eigenvalue weighted by Crippen LogP contribution is -2.52. The van der Waals surface area contributed by atoms with Crippen molar-refractivity contribution in [3.8, 4) is 0 Å². The Balaban J connectivity index is 1.69. The van der Waals surface area contributed by atoms with Crippen LogP contribution in [0, 0.1) is 0 Å². The highest BCUT2D eigenvalue weighted by atomic mass is 19.4. The number of likely N-dealkylation sites (tertiary alicyclic amines) is 2. The molecular weight excluding hydrogens is 267 g/mol. The van der Waals surface area contributed by atoms with E-state index in [4.69, 9.17) is 0 Å². The summed E-state index contributed by atoms with van der Waals surface area (Å²) in [7, 11) is 0. The Bertz CT molecular complexity index is 288. The normalized spacial score (nSPS) is 27.9. The summed E-state index contributed by atoms with van der Waals surface area (Å²) in [4.78, 5) is 3.97. The molecule has 1 N–H and O–H groups in total. The van der Waals surface area contributed by atoms with Gasteiger partial charge < -0.3 is 10.2 Å². The molecule has 0 aromatic heterocycles. The number of piperidine rings is 2. The molecule has 1 atom stereocenters. The Morgan fingerprint density at radius 1 is 1.00 bits per heavy atom. The van der Waals surface area contributed by atoms with Crippen LogP contribution in [0.3, 0.4) is 0 Å². The number of halogens is 3. The van der Waals surface area contributed by atoms with Gasteiger partial charge in [-0.15, -0.1) is 0 Å². The van der Waals surface area contributed by atoms with Gasteiger partial charge in [0, 0.05) is 18.6 Å². The van der Waals surface area contributed by atoms with Crippen LogP contribution in [0.15, 0.2) is 0 Å². The van der Waals surface area contributed by atoms with Crippen molar-refractivity contribution in [2.24, 2.45) is 0 Å². The van der Waals surface area contributed by atoms with Crippen molar-refractivity contribution in [2.75, 3.05) is 39.3 Å². The summed E-state index contributed by atoms with van der Waals surface area (Å²) < 4.78 is 37.0. The van der Waals surface area contributed by atoms with Crippen LogP contribution >= 0.6 is 0 Å². The highest BCUT2D eigenvalue weighted by Gasteiger charge is 2.33. The molecule has 2 aliphatic rings. The molecule has 0 amide bonds. The minimum absolute atomic E-state index is 0.390. The third-order valence-electron chi connectivity index (χ3n) is 4.41. The molecule has 0 aliphatic carbocycles. The Kier molecular flexibility index (Phi) is 5.69. The third kappa shape index (κ3) is 5.22. The quantitative estimate of drug-likeness (QED) is 0.856. The largest absolute Gasteiger partial charge is 0.401 e. The zero-order valence-corrected chi connectivity index (χ0v) is 12.3. The standard InChI is InChI=1S/C14H26F3N3/c1-2-19-7-3-4-13(10-19)18-12-5-8-20(9-6-12)11-14(15,16)17/h12-13,18H,2-11H2,1H3. The lowest BCUT2D eigenvalue weighted by atomic mass is 10.00. The minimum atomic E-state index is -4.06. The van der Waals surface area contributed by atoms with Gasteiger partial charge >= 0.3 is 6.18 Å². The second kappa shape index (κ2) is 7.09. The summed E-state index contributed by atoms with van der Waals surface area (Å²) >= 11 is 0. The van der Waals surface area contributed by atoms with Crippen LogP contribution < -0.4 is 5.32 Å². The number of likely N-dealkylation sites (N-methyl/N-ethyl adjacent to an activating group) is 1. The number of rotatable bonds is 4. The lowest BCUT2D eigenvalue weighted by molar-refractivity contribution is -0.148. The Morgan fingerprint density at radius 3 is 2.30 bits per heavy atom. The monoisotopic (exact) mass is 293 g/mol. The van der Waals surface area contributed by atoms with Gasteiger partial charge in [-0.05, 0) is 51.9 Å². The number of nitrogens with one attached hydrogen (secondary N) is 1. The van der Waals surface area contributed by atoms with Crippen LogP contribution in [0.5, 0.6) is 0 Å². The molecule has 6 heteroatoms. The van der Waals surface area contributed by atoms with E-state index in [1.807, 2.05) is 0 Å². The van der Waals surface area contributed by atoms with Crippen molar-refractivity contribution in [2.45, 2.75) is 50.9 Å². The summed E-state index contributed by atoms with van der Waals surface area (Å²) in [6.07, 6.45) is 0.0142. The molecule has 0 bridgehead atoms. The Labute approximate surface area is 119 Å². The predicted molar refractivity (Wildman–Crippen MR) is 73.8 cm³/mol. The average Bonchev–Trinajstić information content (AvgIpc) is 2.40. The molecule has 2 aliphatic heterocycles. The van der Waals surface area contributed by atoms with E-state index >= 15 is 0 Å². The fourth-order valence-corrected chi connectivity index (χ4v) is 3.32. The summed E-state index contributed by atoms with van der Waals surface area (Å²) in [6, 6.07) is 0.907.